The summed E-state index contributed by atoms with van der Waals surface area (Å²) >= 11 is 6.46. The van der Waals surface area contributed by atoms with E-state index in [1.165, 1.54) is 11.2 Å². The maximum Gasteiger partial charge on any atom is 0.233 e. The number of carbonyl (C=O) groups excluding carboxylic acids is 2. The van der Waals surface area contributed by atoms with E-state index in [2.05, 4.69) is 15.4 Å². The normalized spacial score (nSPS) is 24.6. The lowest BCUT2D eigenvalue weighted by molar-refractivity contribution is -0.143. The third-order valence-corrected chi connectivity index (χ3v) is 7.94. The van der Waals surface area contributed by atoms with Crippen molar-refractivity contribution in [3.8, 4) is 17.0 Å². The molecule has 1 aliphatic carbocycles. The van der Waals surface area contributed by atoms with E-state index < -0.39 is 0 Å². The van der Waals surface area contributed by atoms with Crippen LogP contribution in [0.1, 0.15) is 37.8 Å². The minimum Gasteiger partial charge on any atom is -0.488 e. The predicted octanol–water partition coefficient (Wildman–Crippen LogP) is 4.05. The highest BCUT2D eigenvalue weighted by Gasteiger charge is 2.72. The number of amides is 2. The van der Waals surface area contributed by atoms with Crippen molar-refractivity contribution in [2.24, 2.45) is 17.3 Å². The Morgan fingerprint density at radius 3 is 2.64 bits per heavy atom. The van der Waals surface area contributed by atoms with Crippen molar-refractivity contribution < 1.29 is 14.3 Å². The molecule has 1 aromatic carbocycles. The molecular formula is C26H29Cl2N5O3. The van der Waals surface area contributed by atoms with Crippen LogP contribution in [-0.4, -0.2) is 50.5 Å². The van der Waals surface area contributed by atoms with E-state index in [9.17, 15) is 9.59 Å². The second kappa shape index (κ2) is 9.01. The van der Waals surface area contributed by atoms with Gasteiger partial charge in [0.15, 0.2) is 0 Å². The van der Waals surface area contributed by atoms with Gasteiger partial charge in [0.1, 0.15) is 23.9 Å². The fourth-order valence-corrected chi connectivity index (χ4v) is 6.04. The van der Waals surface area contributed by atoms with Crippen LogP contribution in [0.15, 0.2) is 30.7 Å². The molecule has 10 heteroatoms. The van der Waals surface area contributed by atoms with E-state index in [0.717, 1.165) is 53.9 Å². The van der Waals surface area contributed by atoms with E-state index in [1.807, 2.05) is 45.2 Å². The summed E-state index contributed by atoms with van der Waals surface area (Å²) in [5.74, 6) is 0.234. The van der Waals surface area contributed by atoms with Crippen molar-refractivity contribution in [2.75, 3.05) is 13.1 Å². The fourth-order valence-electron chi connectivity index (χ4n) is 5.77. The van der Waals surface area contributed by atoms with Crippen molar-refractivity contribution >= 4 is 41.3 Å². The number of imide groups is 1. The number of nitrogens with zero attached hydrogens (tertiary/aromatic N) is 4. The molecule has 0 spiro atoms. The van der Waals surface area contributed by atoms with Crippen LogP contribution in [0.25, 0.3) is 16.8 Å². The summed E-state index contributed by atoms with van der Waals surface area (Å²) in [6.45, 7) is 8.00. The average molecular weight is 530 g/mol. The van der Waals surface area contributed by atoms with Gasteiger partial charge in [-0.25, -0.2) is 9.50 Å². The summed E-state index contributed by atoms with van der Waals surface area (Å²) in [5.41, 5.74) is 3.80. The topological polar surface area (TPSA) is 88.8 Å². The van der Waals surface area contributed by atoms with Gasteiger partial charge in [0.2, 0.25) is 11.8 Å². The Labute approximate surface area is 220 Å². The molecule has 3 fully saturated rings. The Morgan fingerprint density at radius 2 is 1.94 bits per heavy atom. The number of aromatic nitrogens is 3. The summed E-state index contributed by atoms with van der Waals surface area (Å²) in [6.07, 6.45) is 5.47. The molecule has 36 heavy (non-hydrogen) atoms. The van der Waals surface area contributed by atoms with E-state index in [-0.39, 0.29) is 54.1 Å². The molecule has 8 nitrogen and oxygen atoms in total. The molecule has 1 saturated carbocycles. The van der Waals surface area contributed by atoms with Crippen LogP contribution >= 0.6 is 24.0 Å². The van der Waals surface area contributed by atoms with Crippen molar-refractivity contribution in [1.29, 1.82) is 0 Å². The number of aryl methyl sites for hydroxylation is 1. The SMILES string of the molecule is Cc1cc(Cl)cc(-c2ncnn3cc(CN4C(=O)C5C(C4=O)C5(C)C)cc23)c1OC1CCCNC1.Cl. The van der Waals surface area contributed by atoms with Gasteiger partial charge < -0.3 is 10.1 Å². The molecule has 1 N–H and O–H groups in total. The van der Waals surface area contributed by atoms with Crippen molar-refractivity contribution in [2.45, 2.75) is 46.3 Å². The Hall–Kier alpha value is -2.68. The predicted molar refractivity (Wildman–Crippen MR) is 138 cm³/mol. The van der Waals surface area contributed by atoms with Crippen LogP contribution in [0.5, 0.6) is 5.75 Å². The monoisotopic (exact) mass is 529 g/mol. The number of rotatable bonds is 5. The average Bonchev–Trinajstić information content (AvgIpc) is 3.07. The van der Waals surface area contributed by atoms with Crippen LogP contribution in [0, 0.1) is 24.2 Å². The Balaban J connectivity index is 0.00000267. The molecule has 2 saturated heterocycles. The van der Waals surface area contributed by atoms with Gasteiger partial charge in [-0.3, -0.25) is 14.5 Å². The number of hydrogen-bond acceptors (Lipinski definition) is 6. The summed E-state index contributed by atoms with van der Waals surface area (Å²) in [6, 6.07) is 5.71. The smallest absolute Gasteiger partial charge is 0.233 e. The maximum atomic E-state index is 12.8. The van der Waals surface area contributed by atoms with Gasteiger partial charge in [0.05, 0.1) is 23.9 Å². The summed E-state index contributed by atoms with van der Waals surface area (Å²) in [5, 5.41) is 8.36. The third kappa shape index (κ3) is 3.96. The zero-order chi connectivity index (χ0) is 24.5. The molecule has 190 valence electrons. The van der Waals surface area contributed by atoms with Crippen LogP contribution in [0.4, 0.5) is 0 Å². The number of piperidine rings is 2. The maximum absolute atomic E-state index is 12.8. The van der Waals surface area contributed by atoms with Crippen molar-refractivity contribution in [3.63, 3.8) is 0 Å². The molecule has 3 aromatic rings. The molecule has 2 amide bonds. The van der Waals surface area contributed by atoms with E-state index >= 15 is 0 Å². The molecule has 0 radical (unpaired) electrons. The molecule has 0 bridgehead atoms. The second-order valence-corrected chi connectivity index (χ2v) is 10.9. The zero-order valence-electron chi connectivity index (χ0n) is 20.5. The lowest BCUT2D eigenvalue weighted by Gasteiger charge is -2.26. The molecule has 4 heterocycles. The summed E-state index contributed by atoms with van der Waals surface area (Å²) < 4.78 is 8.20. The van der Waals surface area contributed by atoms with E-state index in [1.54, 1.807) is 4.52 Å². The lowest BCUT2D eigenvalue weighted by Crippen LogP contribution is -2.37. The standard InChI is InChI=1S/C26H28ClN5O3.ClH/c1-14-7-16(27)9-18(23(14)35-17-5-4-6-28-10-17)22-19-8-15(12-32(19)30-13-29-22)11-31-24(33)20-21(25(31)34)26(20,2)3;/h7-9,12-13,17,20-21,28H,4-6,10-11H2,1-3H3;1H. The third-order valence-electron chi connectivity index (χ3n) is 7.73. The first-order chi connectivity index (χ1) is 16.8. The molecule has 6 rings (SSSR count). The van der Waals surface area contributed by atoms with Gasteiger partial charge in [-0.1, -0.05) is 25.4 Å². The Kier molecular flexibility index (Phi) is 6.25. The number of likely N-dealkylation sites (tertiary alicyclic amines) is 1. The fraction of sp³-hybridized carbons (Fsp3) is 0.462. The molecule has 2 aromatic heterocycles. The second-order valence-electron chi connectivity index (χ2n) is 10.5. The van der Waals surface area contributed by atoms with Crippen LogP contribution in [0.2, 0.25) is 5.02 Å². The van der Waals surface area contributed by atoms with E-state index in [0.29, 0.717) is 10.7 Å². The van der Waals surface area contributed by atoms with Crippen LogP contribution in [0.3, 0.4) is 0 Å². The molecular weight excluding hydrogens is 501 g/mol. The first kappa shape index (κ1) is 25.0. The highest BCUT2D eigenvalue weighted by molar-refractivity contribution is 6.31. The number of benzene rings is 1. The minimum atomic E-state index is -0.219. The number of hydrogen-bond donors (Lipinski definition) is 1. The summed E-state index contributed by atoms with van der Waals surface area (Å²) in [7, 11) is 0. The molecule has 2 aliphatic heterocycles. The molecule has 3 unspecified atom stereocenters. The van der Waals surface area contributed by atoms with Crippen LogP contribution < -0.4 is 10.1 Å². The minimum absolute atomic E-state index is 0. The molecule has 3 aliphatic rings. The largest absolute Gasteiger partial charge is 0.488 e. The first-order valence-electron chi connectivity index (χ1n) is 12.1. The zero-order valence-corrected chi connectivity index (χ0v) is 22.0. The number of carbonyl (C=O) groups is 2. The first-order valence-corrected chi connectivity index (χ1v) is 12.5. The van der Waals surface area contributed by atoms with Gasteiger partial charge in [0.25, 0.3) is 0 Å². The van der Waals surface area contributed by atoms with Crippen LogP contribution in [-0.2, 0) is 16.1 Å². The molecule has 3 atom stereocenters. The number of halogens is 2. The van der Waals surface area contributed by atoms with Gasteiger partial charge in [-0.2, -0.15) is 5.10 Å². The number of fused-ring (bicyclic) bond motifs is 2. The van der Waals surface area contributed by atoms with Gasteiger partial charge >= 0.3 is 0 Å². The summed E-state index contributed by atoms with van der Waals surface area (Å²) in [4.78, 5) is 31.6. The Bertz CT molecular complexity index is 1340. The number of nitrogens with one attached hydrogen (secondary N) is 1. The highest BCUT2D eigenvalue weighted by Crippen LogP contribution is 2.63. The highest BCUT2D eigenvalue weighted by atomic mass is 35.5. The van der Waals surface area contributed by atoms with E-state index in [4.69, 9.17) is 16.3 Å². The van der Waals surface area contributed by atoms with Gasteiger partial charge in [0, 0.05) is 23.3 Å². The van der Waals surface area contributed by atoms with Gasteiger partial charge in [-0.15, -0.1) is 12.4 Å². The quantitative estimate of drug-likeness (QED) is 0.501. The van der Waals surface area contributed by atoms with Gasteiger partial charge in [-0.05, 0) is 61.1 Å². The van der Waals surface area contributed by atoms with Crippen molar-refractivity contribution in [1.82, 2.24) is 24.8 Å². The van der Waals surface area contributed by atoms with Crippen molar-refractivity contribution in [3.05, 3.63) is 46.9 Å². The lowest BCUT2D eigenvalue weighted by atomic mass is 10.0. The number of ether oxygens (including phenoxy) is 1. The Morgan fingerprint density at radius 1 is 1.19 bits per heavy atom.